The first-order chi connectivity index (χ1) is 22.4. The molecule has 4 rings (SSSR count). The van der Waals surface area contributed by atoms with Crippen LogP contribution in [-0.2, 0) is 35.2 Å². The lowest BCUT2D eigenvalue weighted by molar-refractivity contribution is -0.376. The summed E-state index contributed by atoms with van der Waals surface area (Å²) in [5.74, 6) is -1.33. The van der Waals surface area contributed by atoms with Gasteiger partial charge in [-0.25, -0.2) is 4.79 Å². The van der Waals surface area contributed by atoms with Crippen LogP contribution in [0.4, 0.5) is 31.1 Å². The predicted molar refractivity (Wildman–Crippen MR) is 162 cm³/mol. The molecular weight excluding hydrogens is 646 g/mol. The van der Waals surface area contributed by atoms with Crippen molar-refractivity contribution in [2.75, 3.05) is 13.2 Å². The molecule has 0 radical (unpaired) electrons. The molecule has 0 spiro atoms. The van der Waals surface area contributed by atoms with Crippen LogP contribution < -0.4 is 10.1 Å². The summed E-state index contributed by atoms with van der Waals surface area (Å²) >= 11 is 0. The zero-order valence-corrected chi connectivity index (χ0v) is 26.2. The van der Waals surface area contributed by atoms with Crippen LogP contribution in [0, 0.1) is 0 Å². The van der Waals surface area contributed by atoms with Crippen molar-refractivity contribution in [1.82, 2.24) is 10.2 Å². The number of alkyl halides is 6. The summed E-state index contributed by atoms with van der Waals surface area (Å²) < 4.78 is 89.1. The van der Waals surface area contributed by atoms with Gasteiger partial charge in [0, 0.05) is 12.1 Å². The Hall–Kier alpha value is -4.46. The van der Waals surface area contributed by atoms with E-state index in [1.807, 2.05) is 0 Å². The largest absolute Gasteiger partial charge is 0.504 e. The first-order valence-electron chi connectivity index (χ1n) is 15.3. The van der Waals surface area contributed by atoms with Crippen molar-refractivity contribution in [2.24, 2.45) is 0 Å². The van der Waals surface area contributed by atoms with Gasteiger partial charge in [0.05, 0.1) is 6.61 Å². The lowest BCUT2D eigenvalue weighted by Gasteiger charge is -2.33. The molecule has 3 amide bonds. The number of hydrogen-bond donors (Lipinski definition) is 4. The molecule has 260 valence electrons. The van der Waals surface area contributed by atoms with E-state index in [4.69, 9.17) is 4.74 Å². The first kappa shape index (κ1) is 36.4. The maximum atomic E-state index is 13.9. The second-order valence-corrected chi connectivity index (χ2v) is 11.8. The van der Waals surface area contributed by atoms with Gasteiger partial charge in [0.2, 0.25) is 0 Å². The Balaban J connectivity index is 1.54. The summed E-state index contributed by atoms with van der Waals surface area (Å²) in [6.45, 7) is 3.09. The van der Waals surface area contributed by atoms with Crippen LogP contribution in [0.3, 0.4) is 0 Å². The maximum absolute atomic E-state index is 13.9. The number of nitrogens with one attached hydrogen (secondary N) is 1. The van der Waals surface area contributed by atoms with Gasteiger partial charge in [-0.1, -0.05) is 49.7 Å². The lowest BCUT2D eigenvalue weighted by atomic mass is 9.87. The van der Waals surface area contributed by atoms with Crippen LogP contribution in [-0.4, -0.2) is 57.7 Å². The number of aliphatic hydroxyl groups is 1. The minimum Gasteiger partial charge on any atom is -0.504 e. The normalized spacial score (nSPS) is 17.1. The van der Waals surface area contributed by atoms with Gasteiger partial charge in [-0.15, -0.1) is 0 Å². The Morgan fingerprint density at radius 3 is 2.04 bits per heavy atom. The predicted octanol–water partition coefficient (Wildman–Crippen LogP) is 6.77. The van der Waals surface area contributed by atoms with E-state index in [-0.39, 0.29) is 67.7 Å². The number of aromatic hydroxyl groups is 2. The lowest BCUT2D eigenvalue weighted by Crippen LogP contribution is -2.54. The summed E-state index contributed by atoms with van der Waals surface area (Å²) in [5, 5.41) is 32.3. The van der Waals surface area contributed by atoms with Crippen molar-refractivity contribution in [3.8, 4) is 17.2 Å². The number of unbranched alkanes of at least 4 members (excludes halogenated alkanes) is 1. The number of phenols is 2. The summed E-state index contributed by atoms with van der Waals surface area (Å²) in [6.07, 6.45) is -10.9. The van der Waals surface area contributed by atoms with E-state index in [9.17, 15) is 51.3 Å². The number of halogens is 6. The first-order valence-corrected chi connectivity index (χ1v) is 15.3. The molecule has 1 fully saturated rings. The van der Waals surface area contributed by atoms with E-state index in [1.165, 1.54) is 25.1 Å². The molecule has 8 nitrogen and oxygen atoms in total. The third-order valence-electron chi connectivity index (χ3n) is 8.38. The highest BCUT2D eigenvalue weighted by atomic mass is 19.4. The van der Waals surface area contributed by atoms with E-state index >= 15 is 0 Å². The highest BCUT2D eigenvalue weighted by Crippen LogP contribution is 2.51. The van der Waals surface area contributed by atoms with Crippen LogP contribution in [0.2, 0.25) is 0 Å². The number of carbonyl (C=O) groups is 2. The third kappa shape index (κ3) is 7.18. The van der Waals surface area contributed by atoms with Crippen LogP contribution in [0.25, 0.3) is 0 Å². The third-order valence-corrected chi connectivity index (χ3v) is 8.38. The van der Waals surface area contributed by atoms with Gasteiger partial charge in [-0.3, -0.25) is 9.69 Å². The van der Waals surface area contributed by atoms with Crippen molar-refractivity contribution in [1.29, 1.82) is 0 Å². The number of hydrogen-bond acceptors (Lipinski definition) is 6. The van der Waals surface area contributed by atoms with Gasteiger partial charge in [-0.05, 0) is 85.5 Å². The van der Waals surface area contributed by atoms with Crippen LogP contribution in [0.1, 0.15) is 60.9 Å². The van der Waals surface area contributed by atoms with Crippen molar-refractivity contribution < 1.29 is 56.0 Å². The zero-order valence-electron chi connectivity index (χ0n) is 26.2. The number of urea groups is 1. The van der Waals surface area contributed by atoms with Gasteiger partial charge in [-0.2, -0.15) is 26.3 Å². The molecule has 48 heavy (non-hydrogen) atoms. The molecule has 1 heterocycles. The standard InChI is InChI=1S/C34H36F6N2O6/c1-3-9-22-18-25(32(47,33(35,36)37)34(38,39)40)19-23(13-12-21-10-5-4-6-11-21)28(22)48-17-8-7-16-42-29(45)31(2,41-30(42)46)24-14-15-26(43)27(44)20-24/h4-6,10-11,14-15,18-20,43-44,47H,3,7-9,12-13,16-17H2,1-2H3,(H,41,46). The molecule has 0 saturated carbocycles. The number of phenolic OH excluding ortho intramolecular Hbond substituents is 2. The number of imide groups is 1. The fourth-order valence-electron chi connectivity index (χ4n) is 5.68. The van der Waals surface area contributed by atoms with Crippen molar-refractivity contribution >= 4 is 11.9 Å². The molecule has 4 N–H and O–H groups in total. The average Bonchev–Trinajstić information content (AvgIpc) is 3.24. The fourth-order valence-corrected chi connectivity index (χ4v) is 5.68. The molecule has 1 atom stereocenters. The van der Waals surface area contributed by atoms with Crippen molar-refractivity contribution in [2.45, 2.75) is 75.9 Å². The number of benzene rings is 3. The number of aryl methyl sites for hydroxylation is 3. The topological polar surface area (TPSA) is 119 Å². The quantitative estimate of drug-likeness (QED) is 0.0684. The summed E-state index contributed by atoms with van der Waals surface area (Å²) in [6, 6.07) is 13.3. The molecule has 1 aliphatic rings. The molecule has 0 bridgehead atoms. The Bertz CT molecular complexity index is 1610. The number of ether oxygens (including phenoxy) is 1. The Morgan fingerprint density at radius 2 is 1.46 bits per heavy atom. The number of amides is 3. The second-order valence-electron chi connectivity index (χ2n) is 11.8. The molecule has 3 aromatic rings. The van der Waals surface area contributed by atoms with E-state index < -0.39 is 52.5 Å². The summed E-state index contributed by atoms with van der Waals surface area (Å²) in [4.78, 5) is 26.9. The molecular formula is C34H36F6N2O6. The second kappa shape index (κ2) is 14.0. The Morgan fingerprint density at radius 1 is 0.833 bits per heavy atom. The van der Waals surface area contributed by atoms with Gasteiger partial charge in [0.1, 0.15) is 11.3 Å². The van der Waals surface area contributed by atoms with Gasteiger partial charge in [0.15, 0.2) is 11.5 Å². The number of carbonyl (C=O) groups excluding carboxylic acids is 2. The van der Waals surface area contributed by atoms with Gasteiger partial charge in [0.25, 0.3) is 11.5 Å². The van der Waals surface area contributed by atoms with E-state index in [0.29, 0.717) is 18.6 Å². The smallest absolute Gasteiger partial charge is 0.430 e. The molecule has 1 aliphatic heterocycles. The molecule has 1 unspecified atom stereocenters. The maximum Gasteiger partial charge on any atom is 0.430 e. The molecule has 1 saturated heterocycles. The SMILES string of the molecule is CCCc1cc(C(O)(C(F)(F)F)C(F)(F)F)cc(CCc2ccccc2)c1OCCCCN1C(=O)NC(C)(c2ccc(O)c(O)c2)C1=O. The van der Waals surface area contributed by atoms with Crippen molar-refractivity contribution in [3.63, 3.8) is 0 Å². The van der Waals surface area contributed by atoms with E-state index in [0.717, 1.165) is 10.5 Å². The minimum atomic E-state index is -6.05. The average molecular weight is 683 g/mol. The number of nitrogens with zero attached hydrogens (tertiary/aromatic N) is 1. The fraction of sp³-hybridized carbons (Fsp3) is 0.412. The van der Waals surface area contributed by atoms with E-state index in [1.54, 1.807) is 37.3 Å². The molecule has 0 aliphatic carbocycles. The zero-order chi connectivity index (χ0) is 35.5. The van der Waals surface area contributed by atoms with E-state index in [2.05, 4.69) is 5.32 Å². The highest BCUT2D eigenvalue weighted by molar-refractivity contribution is 6.07. The Kier molecular flexibility index (Phi) is 10.6. The summed E-state index contributed by atoms with van der Waals surface area (Å²) in [7, 11) is 0. The molecule has 14 heteroatoms. The summed E-state index contributed by atoms with van der Waals surface area (Å²) in [5.41, 5.74) is -6.77. The van der Waals surface area contributed by atoms with Crippen molar-refractivity contribution in [3.05, 3.63) is 88.5 Å². The van der Waals surface area contributed by atoms with Crippen LogP contribution >= 0.6 is 0 Å². The van der Waals surface area contributed by atoms with Crippen LogP contribution in [0.15, 0.2) is 60.7 Å². The highest BCUT2D eigenvalue weighted by Gasteiger charge is 2.71. The van der Waals surface area contributed by atoms with Gasteiger partial charge < -0.3 is 25.4 Å². The molecule has 0 aromatic heterocycles. The number of rotatable bonds is 13. The van der Waals surface area contributed by atoms with Crippen LogP contribution in [0.5, 0.6) is 17.2 Å². The minimum absolute atomic E-state index is 0.0174. The van der Waals surface area contributed by atoms with Gasteiger partial charge >= 0.3 is 18.4 Å². The monoisotopic (exact) mass is 682 g/mol. The Labute approximate surface area is 273 Å². The molecule has 3 aromatic carbocycles.